The maximum absolute atomic E-state index is 15.4. The quantitative estimate of drug-likeness (QED) is 0.0206. The fourth-order valence-electron chi connectivity index (χ4n) is 12.0. The highest BCUT2D eigenvalue weighted by Crippen LogP contribution is 2.61. The van der Waals surface area contributed by atoms with E-state index in [-0.39, 0.29) is 124 Å². The smallest absolute Gasteiger partial charge is 0.246 e. The highest BCUT2D eigenvalue weighted by molar-refractivity contribution is 5.99. The zero-order valence-corrected chi connectivity index (χ0v) is 44.9. The number of amides is 9. The number of aliphatic hydroxyl groups is 1. The van der Waals surface area contributed by atoms with E-state index in [1.54, 1.807) is 6.92 Å². The van der Waals surface area contributed by atoms with E-state index in [1.165, 1.54) is 28.5 Å². The van der Waals surface area contributed by atoms with Gasteiger partial charge in [0.1, 0.15) is 42.3 Å². The molecule has 0 aromatic rings. The maximum Gasteiger partial charge on any atom is 0.246 e. The number of carbonyl (C=O) groups excluding carboxylic acids is 9. The molecule has 3 heterocycles. The number of hydrogen-bond acceptors (Lipinski definition) is 15. The predicted molar refractivity (Wildman–Crippen MR) is 286 cm³/mol. The number of nitrogens with zero attached hydrogens (tertiary/aromatic N) is 7. The molecule has 0 aromatic heterocycles. The van der Waals surface area contributed by atoms with Crippen LogP contribution in [0.1, 0.15) is 47.0 Å². The van der Waals surface area contributed by atoms with Crippen LogP contribution in [0, 0.1) is 59.2 Å². The fourth-order valence-corrected chi connectivity index (χ4v) is 12.0. The van der Waals surface area contributed by atoms with Crippen molar-refractivity contribution in [3.63, 3.8) is 0 Å². The van der Waals surface area contributed by atoms with E-state index >= 15 is 9.59 Å². The molecular formula is C47H80N22O10. The highest BCUT2D eigenvalue weighted by atomic mass is 16.3. The van der Waals surface area contributed by atoms with E-state index in [4.69, 9.17) is 57.3 Å². The molecule has 3 aliphatic heterocycles. The molecule has 32 heteroatoms. The first kappa shape index (κ1) is 60.5. The standard InChI is InChI=1S/C47H80N22O10/c1-5-17(2)32(37(49)73)65-38(74)18(3)63-41(77)34-29-20(10-60-45(52)53)24(29)15-68(34)43(79)36-31-22(12-62-47(56)57)25(31)16-69(36)42(78)35-30-21(11-61-46(54)55)23(30)14-67(35)28(72)13-59-40(76)33(19(4)70)66-39(75)26(64-27(71)9-48)7-6-8-58-44(50)51/h17-26,29-36,70H,5-16,48H2,1-4H3,(H2,49,73)(H,59,76)(H,63,77)(H,64,71)(H,65,74)(H,66,75)(H4,50,51,58)(H4,52,53,60)(H4,54,55,61)(H4,56,57,62)/t17-,18-,19+,20+,21+,22+,23+,24+,25+,26-,29-,30-,31-,32-,33-,34-,35-,36-/m0/s1. The van der Waals surface area contributed by atoms with Crippen LogP contribution in [0.15, 0.2) is 20.0 Å². The van der Waals surface area contributed by atoms with Crippen molar-refractivity contribution < 1.29 is 48.3 Å². The van der Waals surface area contributed by atoms with Gasteiger partial charge in [-0.05, 0) is 85.9 Å². The normalized spacial score (nSPS) is 28.7. The summed E-state index contributed by atoms with van der Waals surface area (Å²) < 4.78 is 0. The lowest BCUT2D eigenvalue weighted by molar-refractivity contribution is -0.153. The first-order valence-electron chi connectivity index (χ1n) is 26.5. The molecule has 3 saturated carbocycles. The molecule has 3 aliphatic carbocycles. The van der Waals surface area contributed by atoms with Crippen LogP contribution in [0.25, 0.3) is 0 Å². The molecule has 6 rings (SSSR count). The number of nitrogens with two attached hydrogens (primary N) is 10. The SMILES string of the molecule is CC[C@H](C)[C@H](NC(=O)[C@H](C)NC(=O)[C@@H]1[C@H]2[C@H](CN=C(N)N)[C@H]2CN1C(=O)[C@@H]1[C@H]2[C@H](CN=C(N)N)[C@H]2CN1C(=O)[C@@H]1[C@H]2[C@H](CN=C(N)N)[C@H]2CN1C(=O)CNC(=O)[C@@H](NC(=O)[C@H](CCCN=C(N)N)NC(=O)CN)[C@@H](C)O)C(N)=O. The van der Waals surface area contributed by atoms with E-state index in [1.807, 2.05) is 6.92 Å². The first-order chi connectivity index (χ1) is 37.2. The summed E-state index contributed by atoms with van der Waals surface area (Å²) in [4.78, 5) is 145. The zero-order valence-electron chi connectivity index (χ0n) is 44.9. The molecule has 6 aliphatic rings. The largest absolute Gasteiger partial charge is 0.391 e. The minimum absolute atomic E-state index is 0.0229. The molecular weight excluding hydrogens is 1030 g/mol. The Labute approximate surface area is 456 Å². The Morgan fingerprint density at radius 1 is 0.582 bits per heavy atom. The Hall–Kier alpha value is -7.77. The second-order valence-electron chi connectivity index (χ2n) is 21.6. The lowest BCUT2D eigenvalue weighted by atomic mass is 9.98. The first-order valence-corrected chi connectivity index (χ1v) is 26.5. The molecule has 0 bridgehead atoms. The summed E-state index contributed by atoms with van der Waals surface area (Å²) in [5, 5.41) is 23.4. The molecule has 0 aromatic carbocycles. The van der Waals surface area contributed by atoms with Gasteiger partial charge in [0.25, 0.3) is 0 Å². The molecule has 9 amide bonds. The Kier molecular flexibility index (Phi) is 19.4. The molecule has 26 N–H and O–H groups in total. The van der Waals surface area contributed by atoms with Gasteiger partial charge < -0.3 is 104 Å². The van der Waals surface area contributed by atoms with Crippen molar-refractivity contribution in [1.29, 1.82) is 0 Å². The van der Waals surface area contributed by atoms with Crippen LogP contribution in [-0.2, 0) is 43.2 Å². The molecule has 0 unspecified atom stereocenters. The number of hydrogen-bond donors (Lipinski definition) is 16. The van der Waals surface area contributed by atoms with Crippen molar-refractivity contribution in [1.82, 2.24) is 41.3 Å². The van der Waals surface area contributed by atoms with Gasteiger partial charge in [0.15, 0.2) is 23.8 Å². The second-order valence-corrected chi connectivity index (χ2v) is 21.6. The fraction of sp³-hybridized carbons (Fsp3) is 0.723. The third kappa shape index (κ3) is 13.9. The summed E-state index contributed by atoms with van der Waals surface area (Å²) in [5.74, 6) is -10.3. The predicted octanol–water partition coefficient (Wildman–Crippen LogP) is -9.97. The van der Waals surface area contributed by atoms with Gasteiger partial charge in [-0.15, -0.1) is 0 Å². The summed E-state index contributed by atoms with van der Waals surface area (Å²) in [6, 6.07) is -8.52. The van der Waals surface area contributed by atoms with Crippen molar-refractivity contribution in [2.45, 2.75) is 95.4 Å². The molecule has 438 valence electrons. The number of fused-ring (bicyclic) bond motifs is 3. The molecule has 3 saturated heterocycles. The van der Waals surface area contributed by atoms with Crippen LogP contribution >= 0.6 is 0 Å². The number of aliphatic imine (C=N–C) groups is 4. The van der Waals surface area contributed by atoms with Crippen molar-refractivity contribution in [3.05, 3.63) is 0 Å². The number of primary amides is 1. The van der Waals surface area contributed by atoms with Crippen molar-refractivity contribution in [3.8, 4) is 0 Å². The van der Waals surface area contributed by atoms with Gasteiger partial charge in [-0.25, -0.2) is 0 Å². The summed E-state index contributed by atoms with van der Waals surface area (Å²) >= 11 is 0. The van der Waals surface area contributed by atoms with E-state index in [0.717, 1.165) is 0 Å². The lowest BCUT2D eigenvalue weighted by Crippen LogP contribution is -2.61. The van der Waals surface area contributed by atoms with Crippen LogP contribution in [0.2, 0.25) is 0 Å². The van der Waals surface area contributed by atoms with Crippen molar-refractivity contribution >= 4 is 77.0 Å². The average Bonchev–Trinajstić information content (AvgIpc) is 4.22. The van der Waals surface area contributed by atoms with Crippen LogP contribution < -0.4 is 83.9 Å². The zero-order chi connectivity index (χ0) is 58.5. The number of nitrogens with one attached hydrogen (secondary N) is 5. The van der Waals surface area contributed by atoms with Gasteiger partial charge in [-0.1, -0.05) is 20.3 Å². The van der Waals surface area contributed by atoms with Gasteiger partial charge in [0.2, 0.25) is 53.2 Å². The van der Waals surface area contributed by atoms with Crippen LogP contribution in [0.5, 0.6) is 0 Å². The van der Waals surface area contributed by atoms with Crippen LogP contribution in [0.4, 0.5) is 0 Å². The summed E-state index contributed by atoms with van der Waals surface area (Å²) in [7, 11) is 0. The minimum Gasteiger partial charge on any atom is -0.391 e. The third-order valence-corrected chi connectivity index (χ3v) is 16.5. The van der Waals surface area contributed by atoms with Crippen molar-refractivity contribution in [2.24, 2.45) is 136 Å². The second kappa shape index (κ2) is 25.4. The number of likely N-dealkylation sites (tertiary alicyclic amines) is 3. The lowest BCUT2D eigenvalue weighted by Gasteiger charge is -2.38. The summed E-state index contributed by atoms with van der Waals surface area (Å²) in [5.41, 5.74) is 56.0. The molecule has 32 nitrogen and oxygen atoms in total. The van der Waals surface area contributed by atoms with Gasteiger partial charge >= 0.3 is 0 Å². The highest BCUT2D eigenvalue weighted by Gasteiger charge is 2.71. The van der Waals surface area contributed by atoms with Gasteiger partial charge in [-0.2, -0.15) is 0 Å². The van der Waals surface area contributed by atoms with Crippen LogP contribution in [-0.4, -0.2) is 204 Å². The summed E-state index contributed by atoms with van der Waals surface area (Å²) in [6.45, 7) is 5.86. The average molecular weight is 1110 g/mol. The molecule has 0 spiro atoms. The Morgan fingerprint density at radius 3 is 1.49 bits per heavy atom. The molecule has 79 heavy (non-hydrogen) atoms. The van der Waals surface area contributed by atoms with Crippen molar-refractivity contribution in [2.75, 3.05) is 58.9 Å². The molecule has 6 fully saturated rings. The van der Waals surface area contributed by atoms with E-state index in [0.29, 0.717) is 6.42 Å². The number of piperidine rings is 3. The number of rotatable bonds is 27. The third-order valence-electron chi connectivity index (χ3n) is 16.5. The van der Waals surface area contributed by atoms with E-state index in [2.05, 4.69) is 46.6 Å². The topological polar surface area (TPSA) is 553 Å². The van der Waals surface area contributed by atoms with Crippen LogP contribution in [0.3, 0.4) is 0 Å². The Morgan fingerprint density at radius 2 is 1.04 bits per heavy atom. The number of guanidine groups is 4. The van der Waals surface area contributed by atoms with Gasteiger partial charge in [-0.3, -0.25) is 63.1 Å². The van der Waals surface area contributed by atoms with E-state index in [9.17, 15) is 38.7 Å². The Bertz CT molecular complexity index is 2480. The maximum atomic E-state index is 15.4. The molecule has 18 atom stereocenters. The number of carbonyl (C=O) groups is 9. The van der Waals surface area contributed by atoms with Gasteiger partial charge in [0, 0.05) is 45.8 Å². The summed E-state index contributed by atoms with van der Waals surface area (Å²) in [6.07, 6.45) is -0.719. The van der Waals surface area contributed by atoms with E-state index < -0.39 is 132 Å². The number of aliphatic hydroxyl groups excluding tert-OH is 1. The monoisotopic (exact) mass is 1110 g/mol. The molecule has 0 radical (unpaired) electrons. The minimum atomic E-state index is -1.62. The Balaban J connectivity index is 1.24. The van der Waals surface area contributed by atoms with Gasteiger partial charge in [0.05, 0.1) is 19.2 Å².